The van der Waals surface area contributed by atoms with Gasteiger partial charge < -0.3 is 9.47 Å². The smallest absolute Gasteiger partial charge is 0.414 e. The number of nitrogens with zero attached hydrogens (tertiary/aromatic N) is 1. The van der Waals surface area contributed by atoms with E-state index in [4.69, 9.17) is 15.9 Å². The molecule has 3 aromatic rings. The standard InChI is InChI=1S/C29H27NO4/c1-6-19-15-20(27(31)34-29(2,3)4)17-21(16-19)30(5)28(32)33-18-26-24-13-9-7-11-22(24)23-12-8-10-14-25(23)26/h1,7-17,26H,18H2,2-5H3. The number of esters is 1. The van der Waals surface area contributed by atoms with Crippen molar-refractivity contribution in [3.63, 3.8) is 0 Å². The summed E-state index contributed by atoms with van der Waals surface area (Å²) in [4.78, 5) is 26.9. The highest BCUT2D eigenvalue weighted by Crippen LogP contribution is 2.44. The summed E-state index contributed by atoms with van der Waals surface area (Å²) in [5.74, 6) is 1.98. The Labute approximate surface area is 200 Å². The predicted molar refractivity (Wildman–Crippen MR) is 133 cm³/mol. The van der Waals surface area contributed by atoms with Gasteiger partial charge in [0.15, 0.2) is 0 Å². The van der Waals surface area contributed by atoms with Crippen LogP contribution in [-0.2, 0) is 9.47 Å². The van der Waals surface area contributed by atoms with E-state index in [2.05, 4.69) is 30.2 Å². The Balaban J connectivity index is 1.53. The minimum atomic E-state index is -0.651. The Kier molecular flexibility index (Phi) is 6.17. The fraction of sp³-hybridized carbons (Fsp3) is 0.241. The van der Waals surface area contributed by atoms with Crippen LogP contribution in [-0.4, -0.2) is 31.3 Å². The second kappa shape index (κ2) is 9.07. The first-order chi connectivity index (χ1) is 16.2. The lowest BCUT2D eigenvalue weighted by atomic mass is 9.98. The van der Waals surface area contributed by atoms with Crippen LogP contribution in [0.25, 0.3) is 11.1 Å². The molecule has 0 saturated carbocycles. The molecule has 1 aliphatic carbocycles. The average molecular weight is 454 g/mol. The van der Waals surface area contributed by atoms with Gasteiger partial charge in [-0.1, -0.05) is 54.5 Å². The SMILES string of the molecule is C#Cc1cc(C(=O)OC(C)(C)C)cc(N(C)C(=O)OCC2c3ccccc3-c3ccccc32)c1. The maximum absolute atomic E-state index is 13.0. The van der Waals surface area contributed by atoms with Crippen LogP contribution in [0.5, 0.6) is 0 Å². The van der Waals surface area contributed by atoms with Gasteiger partial charge in [-0.2, -0.15) is 0 Å². The Morgan fingerprint density at radius 2 is 1.56 bits per heavy atom. The van der Waals surface area contributed by atoms with E-state index < -0.39 is 17.7 Å². The molecule has 4 rings (SSSR count). The molecule has 0 aliphatic heterocycles. The number of carbonyl (C=O) groups excluding carboxylic acids is 2. The molecule has 1 amide bonds. The number of hydrogen-bond donors (Lipinski definition) is 0. The number of hydrogen-bond acceptors (Lipinski definition) is 4. The van der Waals surface area contributed by atoms with Gasteiger partial charge in [-0.3, -0.25) is 4.90 Å². The lowest BCUT2D eigenvalue weighted by Gasteiger charge is -2.22. The van der Waals surface area contributed by atoms with E-state index in [1.807, 2.05) is 24.3 Å². The molecule has 0 N–H and O–H groups in total. The summed E-state index contributed by atoms with van der Waals surface area (Å²) >= 11 is 0. The highest BCUT2D eigenvalue weighted by Gasteiger charge is 2.29. The van der Waals surface area contributed by atoms with E-state index >= 15 is 0 Å². The Morgan fingerprint density at radius 1 is 0.971 bits per heavy atom. The number of anilines is 1. The molecule has 5 nitrogen and oxygen atoms in total. The molecular formula is C29H27NO4. The number of benzene rings is 3. The van der Waals surface area contributed by atoms with Gasteiger partial charge in [-0.05, 0) is 61.2 Å². The third-order valence-corrected chi connectivity index (χ3v) is 5.72. The maximum Gasteiger partial charge on any atom is 0.414 e. The van der Waals surface area contributed by atoms with Crippen LogP contribution in [0.1, 0.15) is 53.7 Å². The van der Waals surface area contributed by atoms with E-state index in [1.54, 1.807) is 46.0 Å². The maximum atomic E-state index is 13.0. The van der Waals surface area contributed by atoms with Crippen molar-refractivity contribution in [3.05, 3.63) is 89.0 Å². The first-order valence-corrected chi connectivity index (χ1v) is 11.1. The monoisotopic (exact) mass is 453 g/mol. The first-order valence-electron chi connectivity index (χ1n) is 11.1. The van der Waals surface area contributed by atoms with Gasteiger partial charge in [-0.15, -0.1) is 6.42 Å². The summed E-state index contributed by atoms with van der Waals surface area (Å²) < 4.78 is 11.2. The van der Waals surface area contributed by atoms with Crippen molar-refractivity contribution >= 4 is 17.7 Å². The molecule has 0 fully saturated rings. The molecular weight excluding hydrogens is 426 g/mol. The number of carbonyl (C=O) groups is 2. The van der Waals surface area contributed by atoms with E-state index in [1.165, 1.54) is 4.90 Å². The van der Waals surface area contributed by atoms with E-state index in [-0.39, 0.29) is 18.1 Å². The van der Waals surface area contributed by atoms with Gasteiger partial charge in [0.2, 0.25) is 0 Å². The zero-order valence-corrected chi connectivity index (χ0v) is 19.8. The van der Waals surface area contributed by atoms with Crippen LogP contribution in [0.15, 0.2) is 66.7 Å². The van der Waals surface area contributed by atoms with Gasteiger partial charge in [0.25, 0.3) is 0 Å². The van der Waals surface area contributed by atoms with Crippen LogP contribution in [0.4, 0.5) is 10.5 Å². The minimum Gasteiger partial charge on any atom is -0.456 e. The van der Waals surface area contributed by atoms with Gasteiger partial charge in [0.1, 0.15) is 12.2 Å². The predicted octanol–water partition coefficient (Wildman–Crippen LogP) is 6.01. The summed E-state index contributed by atoms with van der Waals surface area (Å²) in [6, 6.07) is 21.1. The van der Waals surface area contributed by atoms with Crippen molar-refractivity contribution in [2.24, 2.45) is 0 Å². The van der Waals surface area contributed by atoms with Crippen LogP contribution in [0.2, 0.25) is 0 Å². The molecule has 0 radical (unpaired) electrons. The van der Waals surface area contributed by atoms with Gasteiger partial charge in [0, 0.05) is 24.2 Å². The second-order valence-electron chi connectivity index (χ2n) is 9.28. The van der Waals surface area contributed by atoms with Crippen molar-refractivity contribution < 1.29 is 19.1 Å². The number of amides is 1. The summed E-state index contributed by atoms with van der Waals surface area (Å²) in [7, 11) is 1.59. The largest absolute Gasteiger partial charge is 0.456 e. The number of rotatable bonds is 4. The zero-order chi connectivity index (χ0) is 24.5. The molecule has 3 aromatic carbocycles. The molecule has 34 heavy (non-hydrogen) atoms. The summed E-state index contributed by atoms with van der Waals surface area (Å²) in [6.45, 7) is 5.57. The number of fused-ring (bicyclic) bond motifs is 3. The quantitative estimate of drug-likeness (QED) is 0.359. The topological polar surface area (TPSA) is 55.8 Å². The third kappa shape index (κ3) is 4.67. The van der Waals surface area contributed by atoms with Gasteiger partial charge in [-0.25, -0.2) is 9.59 Å². The molecule has 0 bridgehead atoms. The van der Waals surface area contributed by atoms with Crippen LogP contribution in [0.3, 0.4) is 0 Å². The number of ether oxygens (including phenoxy) is 2. The Morgan fingerprint density at radius 3 is 2.12 bits per heavy atom. The summed E-state index contributed by atoms with van der Waals surface area (Å²) in [6.07, 6.45) is 5.05. The van der Waals surface area contributed by atoms with Crippen LogP contribution >= 0.6 is 0 Å². The minimum absolute atomic E-state index is 0.0425. The van der Waals surface area contributed by atoms with Crippen molar-refractivity contribution in [2.75, 3.05) is 18.6 Å². The van der Waals surface area contributed by atoms with E-state index in [0.29, 0.717) is 11.3 Å². The molecule has 0 spiro atoms. The third-order valence-electron chi connectivity index (χ3n) is 5.72. The van der Waals surface area contributed by atoms with Gasteiger partial charge >= 0.3 is 12.1 Å². The van der Waals surface area contributed by atoms with Crippen molar-refractivity contribution in [2.45, 2.75) is 32.3 Å². The van der Waals surface area contributed by atoms with Gasteiger partial charge in [0.05, 0.1) is 5.56 Å². The van der Waals surface area contributed by atoms with E-state index in [0.717, 1.165) is 22.3 Å². The lowest BCUT2D eigenvalue weighted by molar-refractivity contribution is 0.00693. The average Bonchev–Trinajstić information content (AvgIpc) is 3.14. The Bertz CT molecular complexity index is 1250. The van der Waals surface area contributed by atoms with Crippen LogP contribution in [0, 0.1) is 12.3 Å². The molecule has 0 saturated heterocycles. The molecule has 1 aliphatic rings. The number of terminal acetylenes is 1. The molecule has 0 heterocycles. The fourth-order valence-corrected chi connectivity index (χ4v) is 4.14. The molecule has 0 aromatic heterocycles. The zero-order valence-electron chi connectivity index (χ0n) is 19.8. The van der Waals surface area contributed by atoms with Crippen molar-refractivity contribution in [1.29, 1.82) is 0 Å². The lowest BCUT2D eigenvalue weighted by Crippen LogP contribution is -2.29. The fourth-order valence-electron chi connectivity index (χ4n) is 4.14. The first kappa shape index (κ1) is 23.1. The van der Waals surface area contributed by atoms with Crippen molar-refractivity contribution in [3.8, 4) is 23.5 Å². The Hall–Kier alpha value is -4.04. The van der Waals surface area contributed by atoms with Crippen LogP contribution < -0.4 is 4.90 Å². The molecule has 172 valence electrons. The second-order valence-corrected chi connectivity index (χ2v) is 9.28. The highest BCUT2D eigenvalue weighted by atomic mass is 16.6. The molecule has 0 atom stereocenters. The summed E-state index contributed by atoms with van der Waals surface area (Å²) in [5.41, 5.74) is 5.15. The summed E-state index contributed by atoms with van der Waals surface area (Å²) in [5, 5.41) is 0. The van der Waals surface area contributed by atoms with E-state index in [9.17, 15) is 9.59 Å². The normalized spacial score (nSPS) is 12.3. The molecule has 0 unspecified atom stereocenters. The van der Waals surface area contributed by atoms with Crippen molar-refractivity contribution in [1.82, 2.24) is 0 Å². The molecule has 5 heteroatoms. The highest BCUT2D eigenvalue weighted by molar-refractivity contribution is 5.94.